The minimum Gasteiger partial charge on any atom is -0.382 e. The van der Waals surface area contributed by atoms with E-state index in [1.165, 1.54) is 0 Å². The number of nitrogens with zero attached hydrogens (tertiary/aromatic N) is 2. The summed E-state index contributed by atoms with van der Waals surface area (Å²) in [7, 11) is 0. The van der Waals surface area contributed by atoms with E-state index in [9.17, 15) is 9.59 Å². The molecule has 1 saturated heterocycles. The van der Waals surface area contributed by atoms with Crippen molar-refractivity contribution in [2.24, 2.45) is 5.92 Å². The van der Waals surface area contributed by atoms with E-state index in [1.807, 2.05) is 50.5 Å². The zero-order valence-corrected chi connectivity index (χ0v) is 22.5. The van der Waals surface area contributed by atoms with Gasteiger partial charge in [0.2, 0.25) is 5.91 Å². The standard InChI is InChI=1S/C27H36N6O3S/c1-17(2)31-23-13-25(33-20-6-7-22-24(12-20)37-16-30-22)29-14-21(23)27(35)28-9-8-18(3)32-26(34)11-19-5-4-10-36-15-19/h6-7,12-14,16-19H,4-5,8-11,15H2,1-3H3,(H,28,35)(H,32,34)(H2,29,31,33). The normalized spacial score (nSPS) is 16.4. The predicted molar refractivity (Wildman–Crippen MR) is 149 cm³/mol. The van der Waals surface area contributed by atoms with Crippen LogP contribution in [0.4, 0.5) is 17.2 Å². The van der Waals surface area contributed by atoms with Crippen molar-refractivity contribution in [1.29, 1.82) is 0 Å². The number of hydrogen-bond acceptors (Lipinski definition) is 8. The van der Waals surface area contributed by atoms with E-state index in [0.717, 1.165) is 35.4 Å². The molecule has 1 aliphatic heterocycles. The van der Waals surface area contributed by atoms with Crippen molar-refractivity contribution >= 4 is 50.6 Å². The maximum absolute atomic E-state index is 13.0. The monoisotopic (exact) mass is 524 g/mol. The summed E-state index contributed by atoms with van der Waals surface area (Å²) in [6, 6.07) is 7.92. The number of carbonyl (C=O) groups is 2. The van der Waals surface area contributed by atoms with Gasteiger partial charge in [0.05, 0.1) is 27.0 Å². The van der Waals surface area contributed by atoms with E-state index in [1.54, 1.807) is 17.5 Å². The van der Waals surface area contributed by atoms with Crippen LogP contribution in [0, 0.1) is 5.92 Å². The van der Waals surface area contributed by atoms with Gasteiger partial charge in [-0.3, -0.25) is 9.59 Å². The van der Waals surface area contributed by atoms with Gasteiger partial charge in [0.25, 0.3) is 5.91 Å². The minimum atomic E-state index is -0.203. The summed E-state index contributed by atoms with van der Waals surface area (Å²) in [4.78, 5) is 34.1. The lowest BCUT2D eigenvalue weighted by molar-refractivity contribution is -0.123. The number of fused-ring (bicyclic) bond motifs is 1. The number of thiazole rings is 1. The Balaban J connectivity index is 1.31. The lowest BCUT2D eigenvalue weighted by atomic mass is 9.98. The van der Waals surface area contributed by atoms with Gasteiger partial charge in [0.15, 0.2) is 0 Å². The average Bonchev–Trinajstić information content (AvgIpc) is 3.32. The maximum atomic E-state index is 13.0. The Morgan fingerprint density at radius 3 is 2.84 bits per heavy atom. The Morgan fingerprint density at radius 2 is 2.05 bits per heavy atom. The molecule has 0 aliphatic carbocycles. The number of hydrogen-bond donors (Lipinski definition) is 4. The highest BCUT2D eigenvalue weighted by Gasteiger charge is 2.19. The fourth-order valence-electron chi connectivity index (χ4n) is 4.35. The maximum Gasteiger partial charge on any atom is 0.254 e. The van der Waals surface area contributed by atoms with Gasteiger partial charge in [-0.2, -0.15) is 0 Å². The molecule has 0 radical (unpaired) electrons. The Hall–Kier alpha value is -3.24. The van der Waals surface area contributed by atoms with Crippen LogP contribution in [0.1, 0.15) is 56.8 Å². The number of amides is 2. The van der Waals surface area contributed by atoms with E-state index in [2.05, 4.69) is 31.2 Å². The molecule has 1 aromatic carbocycles. The summed E-state index contributed by atoms with van der Waals surface area (Å²) in [6.45, 7) is 7.91. The highest BCUT2D eigenvalue weighted by molar-refractivity contribution is 7.16. The van der Waals surface area contributed by atoms with Crippen LogP contribution >= 0.6 is 11.3 Å². The number of benzene rings is 1. The zero-order valence-electron chi connectivity index (χ0n) is 21.7. The molecule has 0 spiro atoms. The van der Waals surface area contributed by atoms with Crippen LogP contribution in [0.25, 0.3) is 10.2 Å². The molecule has 2 aromatic heterocycles. The van der Waals surface area contributed by atoms with Gasteiger partial charge in [-0.25, -0.2) is 9.97 Å². The summed E-state index contributed by atoms with van der Waals surface area (Å²) >= 11 is 1.59. The molecule has 2 amide bonds. The molecule has 3 aromatic rings. The molecule has 0 saturated carbocycles. The second-order valence-electron chi connectivity index (χ2n) is 9.87. The lowest BCUT2D eigenvalue weighted by Crippen LogP contribution is -2.37. The first kappa shape index (κ1) is 26.8. The summed E-state index contributed by atoms with van der Waals surface area (Å²) < 4.78 is 6.55. The number of nitrogens with one attached hydrogen (secondary N) is 4. The van der Waals surface area contributed by atoms with Crippen molar-refractivity contribution in [2.45, 2.75) is 58.5 Å². The Labute approximate surface area is 221 Å². The third-order valence-corrected chi connectivity index (χ3v) is 6.99. The van der Waals surface area contributed by atoms with E-state index in [0.29, 0.717) is 49.0 Å². The highest BCUT2D eigenvalue weighted by Crippen LogP contribution is 2.26. The summed E-state index contributed by atoms with van der Waals surface area (Å²) in [5.74, 6) is 0.780. The number of rotatable bonds is 11. The van der Waals surface area contributed by atoms with Crippen molar-refractivity contribution in [1.82, 2.24) is 20.6 Å². The second kappa shape index (κ2) is 12.8. The van der Waals surface area contributed by atoms with Gasteiger partial charge < -0.3 is 26.0 Å². The van der Waals surface area contributed by atoms with Crippen molar-refractivity contribution in [3.8, 4) is 0 Å². The molecule has 0 bridgehead atoms. The molecule has 2 atom stereocenters. The molecule has 4 N–H and O–H groups in total. The molecule has 10 heteroatoms. The van der Waals surface area contributed by atoms with E-state index < -0.39 is 0 Å². The fourth-order valence-corrected chi connectivity index (χ4v) is 5.07. The fraction of sp³-hybridized carbons (Fsp3) is 0.481. The summed E-state index contributed by atoms with van der Waals surface area (Å²) in [5, 5.41) is 12.7. The number of ether oxygens (including phenoxy) is 1. The molecule has 1 fully saturated rings. The van der Waals surface area contributed by atoms with Crippen LogP contribution in [0.15, 0.2) is 36.0 Å². The van der Waals surface area contributed by atoms with Crippen LogP contribution in [0.3, 0.4) is 0 Å². The van der Waals surface area contributed by atoms with E-state index in [4.69, 9.17) is 4.74 Å². The first-order valence-electron chi connectivity index (χ1n) is 12.9. The summed E-state index contributed by atoms with van der Waals surface area (Å²) in [5.41, 5.74) is 4.88. The summed E-state index contributed by atoms with van der Waals surface area (Å²) in [6.07, 6.45) is 4.77. The molecular weight excluding hydrogens is 488 g/mol. The van der Waals surface area contributed by atoms with E-state index in [-0.39, 0.29) is 23.9 Å². The molecule has 2 unspecified atom stereocenters. The Kier molecular flexibility index (Phi) is 9.29. The molecular formula is C27H36N6O3S. The third-order valence-electron chi connectivity index (χ3n) is 6.20. The SMILES string of the molecule is CC(C)Nc1cc(Nc2ccc3ncsc3c2)ncc1C(=O)NCCC(C)NC(=O)CC1CCCOC1. The third kappa shape index (κ3) is 7.87. The Morgan fingerprint density at radius 1 is 1.19 bits per heavy atom. The van der Waals surface area contributed by atoms with Gasteiger partial charge in [0.1, 0.15) is 5.82 Å². The largest absolute Gasteiger partial charge is 0.382 e. The van der Waals surface area contributed by atoms with E-state index >= 15 is 0 Å². The minimum absolute atomic E-state index is 0.0360. The zero-order chi connectivity index (χ0) is 26.2. The second-order valence-corrected chi connectivity index (χ2v) is 10.8. The smallest absolute Gasteiger partial charge is 0.254 e. The first-order valence-corrected chi connectivity index (χ1v) is 13.8. The molecule has 37 heavy (non-hydrogen) atoms. The Bertz CT molecular complexity index is 1210. The van der Waals surface area contributed by atoms with Crippen molar-refractivity contribution in [3.63, 3.8) is 0 Å². The quantitative estimate of drug-likeness (QED) is 0.287. The number of aromatic nitrogens is 2. The van der Waals surface area contributed by atoms with Gasteiger partial charge in [-0.15, -0.1) is 11.3 Å². The highest BCUT2D eigenvalue weighted by atomic mass is 32.1. The van der Waals surface area contributed by atoms with Gasteiger partial charge >= 0.3 is 0 Å². The molecule has 9 nitrogen and oxygen atoms in total. The van der Waals surface area contributed by atoms with Crippen LogP contribution < -0.4 is 21.3 Å². The predicted octanol–water partition coefficient (Wildman–Crippen LogP) is 4.70. The topological polar surface area (TPSA) is 117 Å². The van der Waals surface area contributed by atoms with Crippen molar-refractivity contribution in [2.75, 3.05) is 30.4 Å². The molecule has 1 aliphatic rings. The van der Waals surface area contributed by atoms with Crippen LogP contribution in [-0.4, -0.2) is 53.6 Å². The van der Waals surface area contributed by atoms with Crippen LogP contribution in [0.5, 0.6) is 0 Å². The lowest BCUT2D eigenvalue weighted by Gasteiger charge is -2.22. The molecule has 3 heterocycles. The van der Waals surface area contributed by atoms with Crippen molar-refractivity contribution in [3.05, 3.63) is 41.5 Å². The number of carbonyl (C=O) groups excluding carboxylic acids is 2. The molecule has 4 rings (SSSR count). The number of pyridine rings is 1. The number of anilines is 3. The molecule has 198 valence electrons. The van der Waals surface area contributed by atoms with Crippen LogP contribution in [-0.2, 0) is 9.53 Å². The van der Waals surface area contributed by atoms with Crippen LogP contribution in [0.2, 0.25) is 0 Å². The first-order chi connectivity index (χ1) is 17.9. The average molecular weight is 525 g/mol. The van der Waals surface area contributed by atoms with Gasteiger partial charge in [-0.05, 0) is 64.2 Å². The van der Waals surface area contributed by atoms with Gasteiger partial charge in [0, 0.05) is 56.2 Å². The van der Waals surface area contributed by atoms with Crippen molar-refractivity contribution < 1.29 is 14.3 Å². The van der Waals surface area contributed by atoms with Gasteiger partial charge in [-0.1, -0.05) is 0 Å².